The van der Waals surface area contributed by atoms with E-state index in [1.54, 1.807) is 6.92 Å². The van der Waals surface area contributed by atoms with Crippen LogP contribution in [0.3, 0.4) is 0 Å². The van der Waals surface area contributed by atoms with Gasteiger partial charge in [0, 0.05) is 0 Å². The van der Waals surface area contributed by atoms with Gasteiger partial charge in [-0.2, -0.15) is 0 Å². The lowest BCUT2D eigenvalue weighted by molar-refractivity contribution is -0.137. The molecule has 1 N–H and O–H groups in total. The Kier molecular flexibility index (Phi) is 6.43. The first-order valence-electron chi connectivity index (χ1n) is 7.67. The first-order chi connectivity index (χ1) is 11.5. The number of nitrogens with one attached hydrogen (secondary N) is 1. The highest BCUT2D eigenvalue weighted by molar-refractivity contribution is 8.04. The maximum absolute atomic E-state index is 12.2. The standard InChI is InChI=1S/C17H20N2O4S/c1-3-23-17(22)9-16-19(15(21)11-24-16)10-14(20)18-12(2)13-7-5-4-6-8-13/h4-9,12H,3,10-11H2,1-2H3,(H,18,20)/b16-9-/t12-/m1/s1. The molecule has 1 aliphatic rings. The van der Waals surface area contributed by atoms with Crippen molar-refractivity contribution in [2.75, 3.05) is 18.9 Å². The molecule has 7 heteroatoms. The van der Waals surface area contributed by atoms with E-state index in [1.165, 1.54) is 22.7 Å². The first kappa shape index (κ1) is 18.1. The summed E-state index contributed by atoms with van der Waals surface area (Å²) in [5.41, 5.74) is 0.982. The number of ether oxygens (including phenoxy) is 1. The topological polar surface area (TPSA) is 75.7 Å². The number of carbonyl (C=O) groups is 3. The van der Waals surface area contributed by atoms with Gasteiger partial charge in [0.2, 0.25) is 11.8 Å². The number of carbonyl (C=O) groups excluding carboxylic acids is 3. The second-order valence-corrected chi connectivity index (χ2v) is 6.20. The Hall–Kier alpha value is -2.28. The van der Waals surface area contributed by atoms with Crippen LogP contribution in [0.4, 0.5) is 0 Å². The molecule has 128 valence electrons. The molecule has 1 atom stereocenters. The molecule has 6 nitrogen and oxygen atoms in total. The van der Waals surface area contributed by atoms with Crippen LogP contribution in [0.1, 0.15) is 25.5 Å². The van der Waals surface area contributed by atoms with Crippen LogP contribution in [0.15, 0.2) is 41.4 Å². The highest BCUT2D eigenvalue weighted by Gasteiger charge is 2.29. The summed E-state index contributed by atoms with van der Waals surface area (Å²) in [5.74, 6) is -0.778. The number of thioether (sulfide) groups is 1. The number of benzene rings is 1. The Labute approximate surface area is 145 Å². The molecule has 0 unspecified atom stereocenters. The largest absolute Gasteiger partial charge is 0.463 e. The summed E-state index contributed by atoms with van der Waals surface area (Å²) in [5, 5.41) is 3.30. The normalized spacial score (nSPS) is 17.0. The second-order valence-electron chi connectivity index (χ2n) is 5.20. The van der Waals surface area contributed by atoms with E-state index in [1.807, 2.05) is 37.3 Å². The third kappa shape index (κ3) is 4.86. The van der Waals surface area contributed by atoms with Crippen LogP contribution in [0.2, 0.25) is 0 Å². The van der Waals surface area contributed by atoms with Crippen molar-refractivity contribution in [3.8, 4) is 0 Å². The maximum atomic E-state index is 12.2. The average Bonchev–Trinajstić information content (AvgIpc) is 2.89. The summed E-state index contributed by atoms with van der Waals surface area (Å²) >= 11 is 1.23. The van der Waals surface area contributed by atoms with E-state index < -0.39 is 5.97 Å². The number of nitrogens with zero attached hydrogens (tertiary/aromatic N) is 1. The Morgan fingerprint density at radius 2 is 2.08 bits per heavy atom. The monoisotopic (exact) mass is 348 g/mol. The van der Waals surface area contributed by atoms with Gasteiger partial charge in [0.15, 0.2) is 0 Å². The molecule has 2 rings (SSSR count). The van der Waals surface area contributed by atoms with E-state index in [2.05, 4.69) is 5.32 Å². The Bertz CT molecular complexity index is 645. The lowest BCUT2D eigenvalue weighted by Gasteiger charge is -2.19. The van der Waals surface area contributed by atoms with Gasteiger partial charge in [-0.1, -0.05) is 42.1 Å². The van der Waals surface area contributed by atoms with Crippen LogP contribution in [-0.4, -0.2) is 41.6 Å². The van der Waals surface area contributed by atoms with Gasteiger partial charge in [0.25, 0.3) is 0 Å². The van der Waals surface area contributed by atoms with Crippen LogP contribution in [0.25, 0.3) is 0 Å². The van der Waals surface area contributed by atoms with Crippen molar-refractivity contribution in [2.24, 2.45) is 0 Å². The second kappa shape index (κ2) is 8.54. The zero-order valence-electron chi connectivity index (χ0n) is 13.7. The van der Waals surface area contributed by atoms with E-state index >= 15 is 0 Å². The quantitative estimate of drug-likeness (QED) is 0.627. The van der Waals surface area contributed by atoms with Crippen LogP contribution >= 0.6 is 11.8 Å². The fraction of sp³-hybridized carbons (Fsp3) is 0.353. The molecule has 1 fully saturated rings. The van der Waals surface area contributed by atoms with Crippen molar-refractivity contribution in [2.45, 2.75) is 19.9 Å². The Morgan fingerprint density at radius 3 is 2.75 bits per heavy atom. The molecular formula is C17H20N2O4S. The van der Waals surface area contributed by atoms with Crippen molar-refractivity contribution in [1.29, 1.82) is 0 Å². The van der Waals surface area contributed by atoms with E-state index in [0.717, 1.165) is 5.56 Å². The minimum absolute atomic E-state index is 0.117. The molecule has 0 spiro atoms. The third-order valence-corrected chi connectivity index (χ3v) is 4.44. The maximum Gasteiger partial charge on any atom is 0.333 e. The molecule has 1 aliphatic heterocycles. The SMILES string of the molecule is CCOC(=O)/C=C1\SCC(=O)N1CC(=O)N[C@H](C)c1ccccc1. The van der Waals surface area contributed by atoms with E-state index in [0.29, 0.717) is 5.03 Å². The molecule has 1 heterocycles. The highest BCUT2D eigenvalue weighted by Crippen LogP contribution is 2.28. The van der Waals surface area contributed by atoms with Crippen LogP contribution in [-0.2, 0) is 19.1 Å². The molecule has 0 aromatic heterocycles. The number of esters is 1. The summed E-state index contributed by atoms with van der Waals surface area (Å²) < 4.78 is 4.85. The smallest absolute Gasteiger partial charge is 0.333 e. The summed E-state index contributed by atoms with van der Waals surface area (Å²) in [7, 11) is 0. The van der Waals surface area contributed by atoms with Crippen molar-refractivity contribution in [1.82, 2.24) is 10.2 Å². The highest BCUT2D eigenvalue weighted by atomic mass is 32.2. The zero-order valence-corrected chi connectivity index (χ0v) is 14.5. The summed E-state index contributed by atoms with van der Waals surface area (Å²) in [6.45, 7) is 3.73. The van der Waals surface area contributed by atoms with Gasteiger partial charge in [-0.3, -0.25) is 14.5 Å². The van der Waals surface area contributed by atoms with Gasteiger partial charge in [-0.15, -0.1) is 0 Å². The first-order valence-corrected chi connectivity index (χ1v) is 8.65. The number of rotatable bonds is 6. The van der Waals surface area contributed by atoms with Gasteiger partial charge < -0.3 is 10.1 Å². The van der Waals surface area contributed by atoms with Crippen LogP contribution < -0.4 is 5.32 Å². The van der Waals surface area contributed by atoms with Crippen molar-refractivity contribution in [3.05, 3.63) is 47.0 Å². The fourth-order valence-electron chi connectivity index (χ4n) is 2.24. The number of hydrogen-bond acceptors (Lipinski definition) is 5. The van der Waals surface area contributed by atoms with Gasteiger partial charge >= 0.3 is 5.97 Å². The van der Waals surface area contributed by atoms with Gasteiger partial charge in [0.1, 0.15) is 6.54 Å². The predicted octanol–water partition coefficient (Wildman–Crippen LogP) is 1.84. The predicted molar refractivity (Wildman–Crippen MR) is 91.9 cm³/mol. The minimum Gasteiger partial charge on any atom is -0.463 e. The third-order valence-electron chi connectivity index (χ3n) is 3.42. The number of amides is 2. The lowest BCUT2D eigenvalue weighted by atomic mass is 10.1. The molecule has 2 amide bonds. The summed E-state index contributed by atoms with van der Waals surface area (Å²) in [6, 6.07) is 9.39. The van der Waals surface area contributed by atoms with Gasteiger partial charge in [-0.25, -0.2) is 4.79 Å². The molecule has 0 radical (unpaired) electrons. The molecule has 0 aliphatic carbocycles. The molecule has 0 saturated carbocycles. The van der Waals surface area contributed by atoms with Crippen molar-refractivity contribution < 1.29 is 19.1 Å². The van der Waals surface area contributed by atoms with Crippen molar-refractivity contribution >= 4 is 29.5 Å². The molecule has 1 aromatic rings. The molecule has 0 bridgehead atoms. The van der Waals surface area contributed by atoms with E-state index in [4.69, 9.17) is 4.74 Å². The van der Waals surface area contributed by atoms with Gasteiger partial charge in [-0.05, 0) is 19.4 Å². The fourth-order valence-corrected chi connectivity index (χ4v) is 3.17. The number of hydrogen-bond donors (Lipinski definition) is 1. The summed E-state index contributed by atoms with van der Waals surface area (Å²) in [4.78, 5) is 37.0. The zero-order chi connectivity index (χ0) is 17.5. The molecular weight excluding hydrogens is 328 g/mol. The van der Waals surface area contributed by atoms with Crippen LogP contribution in [0, 0.1) is 0 Å². The summed E-state index contributed by atoms with van der Waals surface area (Å²) in [6.07, 6.45) is 1.26. The molecule has 24 heavy (non-hydrogen) atoms. The molecule has 1 saturated heterocycles. The van der Waals surface area contributed by atoms with Crippen LogP contribution in [0.5, 0.6) is 0 Å². The average molecular weight is 348 g/mol. The Morgan fingerprint density at radius 1 is 1.38 bits per heavy atom. The van der Waals surface area contributed by atoms with Crippen molar-refractivity contribution in [3.63, 3.8) is 0 Å². The lowest BCUT2D eigenvalue weighted by Crippen LogP contribution is -2.38. The van der Waals surface area contributed by atoms with E-state index in [9.17, 15) is 14.4 Å². The Balaban J connectivity index is 1.98. The van der Waals surface area contributed by atoms with E-state index in [-0.39, 0.29) is 36.8 Å². The van der Waals surface area contributed by atoms with Gasteiger partial charge in [0.05, 0.1) is 29.5 Å². The minimum atomic E-state index is -0.516. The molecule has 1 aromatic carbocycles.